The van der Waals surface area contributed by atoms with Gasteiger partial charge in [0.1, 0.15) is 11.2 Å². The van der Waals surface area contributed by atoms with Crippen molar-refractivity contribution in [2.45, 2.75) is 0 Å². The predicted molar refractivity (Wildman–Crippen MR) is 217 cm³/mol. The molecule has 3 heterocycles. The molecule has 0 N–H and O–H groups in total. The number of hydrogen-bond acceptors (Lipinski definition) is 5. The summed E-state index contributed by atoms with van der Waals surface area (Å²) in [5.74, 6) is 1.93. The highest BCUT2D eigenvalue weighted by atomic mass is 32.1. The Labute approximate surface area is 302 Å². The molecule has 0 aliphatic carbocycles. The van der Waals surface area contributed by atoms with Crippen LogP contribution in [-0.2, 0) is 0 Å². The molecule has 4 nitrogen and oxygen atoms in total. The average Bonchev–Trinajstić information content (AvgIpc) is 3.79. The number of thiophene rings is 1. The lowest BCUT2D eigenvalue weighted by atomic mass is 9.89. The molecule has 11 rings (SSSR count). The molecule has 5 heteroatoms. The van der Waals surface area contributed by atoms with E-state index in [1.165, 1.54) is 36.3 Å². The van der Waals surface area contributed by atoms with E-state index in [0.29, 0.717) is 17.5 Å². The van der Waals surface area contributed by atoms with E-state index in [1.54, 1.807) is 0 Å². The van der Waals surface area contributed by atoms with E-state index in [-0.39, 0.29) is 0 Å². The average molecular weight is 682 g/mol. The molecule has 0 saturated heterocycles. The van der Waals surface area contributed by atoms with Crippen molar-refractivity contribution in [3.63, 3.8) is 0 Å². The Balaban J connectivity index is 1.20. The highest BCUT2D eigenvalue weighted by molar-refractivity contribution is 7.26. The number of nitrogens with zero attached hydrogens (tertiary/aromatic N) is 3. The van der Waals surface area contributed by atoms with Crippen LogP contribution < -0.4 is 0 Å². The fourth-order valence-electron chi connectivity index (χ4n) is 7.78. The second kappa shape index (κ2) is 11.4. The zero-order valence-corrected chi connectivity index (χ0v) is 28.6. The molecule has 0 saturated carbocycles. The Morgan fingerprint density at radius 1 is 0.365 bits per heavy atom. The molecule has 0 aliphatic rings. The van der Waals surface area contributed by atoms with Crippen LogP contribution in [0.4, 0.5) is 0 Å². The highest BCUT2D eigenvalue weighted by Crippen LogP contribution is 2.48. The Morgan fingerprint density at radius 3 is 1.65 bits per heavy atom. The van der Waals surface area contributed by atoms with Gasteiger partial charge in [-0.2, -0.15) is 0 Å². The summed E-state index contributed by atoms with van der Waals surface area (Å²) >= 11 is 1.86. The van der Waals surface area contributed by atoms with E-state index in [1.807, 2.05) is 78.1 Å². The van der Waals surface area contributed by atoms with Crippen molar-refractivity contribution >= 4 is 75.0 Å². The first-order chi connectivity index (χ1) is 25.8. The van der Waals surface area contributed by atoms with Gasteiger partial charge in [0.2, 0.25) is 0 Å². The molecule has 0 spiro atoms. The number of aromatic nitrogens is 3. The van der Waals surface area contributed by atoms with Crippen molar-refractivity contribution in [1.82, 2.24) is 15.0 Å². The normalized spacial score (nSPS) is 11.8. The number of fused-ring (bicyclic) bond motifs is 10. The van der Waals surface area contributed by atoms with Crippen molar-refractivity contribution in [2.75, 3.05) is 0 Å². The molecule has 0 bridgehead atoms. The maximum atomic E-state index is 6.64. The standard InChI is InChI=1S/C47H27N3OS/c1-3-13-28(14-4-1)45-48-46(29-15-5-2-6-16-29)50-47(49-45)36-26-23-32(30-17-7-8-18-31(30)36)38-27-40-42(37-20-9-11-21-39(37)51-40)43-34(38)24-25-35-33-19-10-12-22-41(33)52-44(35)43/h1-27H. The molecular formula is C47H27N3OS. The van der Waals surface area contributed by atoms with E-state index in [0.717, 1.165) is 55.1 Å². The molecule has 11 aromatic rings. The molecular weight excluding hydrogens is 655 g/mol. The first-order valence-electron chi connectivity index (χ1n) is 17.4. The Kier molecular flexibility index (Phi) is 6.39. The molecule has 3 aromatic heterocycles. The second-order valence-corrected chi connectivity index (χ2v) is 14.2. The van der Waals surface area contributed by atoms with E-state index < -0.39 is 0 Å². The summed E-state index contributed by atoms with van der Waals surface area (Å²) in [4.78, 5) is 15.1. The summed E-state index contributed by atoms with van der Waals surface area (Å²) < 4.78 is 9.21. The van der Waals surface area contributed by atoms with Crippen LogP contribution in [0.3, 0.4) is 0 Å². The van der Waals surface area contributed by atoms with Crippen LogP contribution in [0.1, 0.15) is 0 Å². The van der Waals surface area contributed by atoms with Gasteiger partial charge in [0.05, 0.1) is 0 Å². The van der Waals surface area contributed by atoms with E-state index in [2.05, 4.69) is 97.1 Å². The third kappa shape index (κ3) is 4.43. The minimum Gasteiger partial charge on any atom is -0.456 e. The quantitative estimate of drug-likeness (QED) is 0.185. The van der Waals surface area contributed by atoms with Gasteiger partial charge >= 0.3 is 0 Å². The summed E-state index contributed by atoms with van der Waals surface area (Å²) in [5.41, 5.74) is 6.90. The molecule has 0 unspecified atom stereocenters. The van der Waals surface area contributed by atoms with Crippen LogP contribution in [0.2, 0.25) is 0 Å². The number of para-hydroxylation sites is 1. The first kappa shape index (κ1) is 29.1. The summed E-state index contributed by atoms with van der Waals surface area (Å²) in [5, 5.41) is 9.50. The van der Waals surface area contributed by atoms with Gasteiger partial charge < -0.3 is 4.42 Å². The zero-order valence-electron chi connectivity index (χ0n) is 27.7. The molecule has 0 atom stereocenters. The molecule has 0 amide bonds. The Hall–Kier alpha value is -6.69. The van der Waals surface area contributed by atoms with Crippen LogP contribution in [0.25, 0.3) is 109 Å². The third-order valence-electron chi connectivity index (χ3n) is 10.1. The van der Waals surface area contributed by atoms with Crippen LogP contribution in [-0.4, -0.2) is 15.0 Å². The second-order valence-electron chi connectivity index (χ2n) is 13.1. The van der Waals surface area contributed by atoms with Gasteiger partial charge in [0.25, 0.3) is 0 Å². The minimum absolute atomic E-state index is 0.639. The van der Waals surface area contributed by atoms with Crippen molar-refractivity contribution in [3.8, 4) is 45.3 Å². The maximum Gasteiger partial charge on any atom is 0.164 e. The summed E-state index contributed by atoms with van der Waals surface area (Å²) in [7, 11) is 0. The largest absolute Gasteiger partial charge is 0.456 e. The Morgan fingerprint density at radius 2 is 0.923 bits per heavy atom. The third-order valence-corrected chi connectivity index (χ3v) is 11.3. The Bertz CT molecular complexity index is 3120. The van der Waals surface area contributed by atoms with Crippen LogP contribution >= 0.6 is 11.3 Å². The smallest absolute Gasteiger partial charge is 0.164 e. The molecule has 8 aromatic carbocycles. The van der Waals surface area contributed by atoms with E-state index in [4.69, 9.17) is 19.4 Å². The van der Waals surface area contributed by atoms with Gasteiger partial charge in [0, 0.05) is 53.0 Å². The highest BCUT2D eigenvalue weighted by Gasteiger charge is 2.21. The number of hydrogen-bond donors (Lipinski definition) is 0. The van der Waals surface area contributed by atoms with Crippen molar-refractivity contribution in [1.29, 1.82) is 0 Å². The molecule has 52 heavy (non-hydrogen) atoms. The first-order valence-corrected chi connectivity index (χ1v) is 18.2. The monoisotopic (exact) mass is 681 g/mol. The lowest BCUT2D eigenvalue weighted by molar-refractivity contribution is 0.669. The molecule has 242 valence electrons. The topological polar surface area (TPSA) is 51.8 Å². The van der Waals surface area contributed by atoms with Crippen LogP contribution in [0.5, 0.6) is 0 Å². The van der Waals surface area contributed by atoms with E-state index in [9.17, 15) is 0 Å². The predicted octanol–water partition coefficient (Wildman–Crippen LogP) is 13.1. The zero-order chi connectivity index (χ0) is 34.2. The van der Waals surface area contributed by atoms with Gasteiger partial charge in [-0.3, -0.25) is 0 Å². The van der Waals surface area contributed by atoms with Gasteiger partial charge in [-0.05, 0) is 51.6 Å². The molecule has 0 radical (unpaired) electrons. The van der Waals surface area contributed by atoms with Gasteiger partial charge in [-0.1, -0.05) is 140 Å². The lowest BCUT2D eigenvalue weighted by Gasteiger charge is -2.15. The van der Waals surface area contributed by atoms with Crippen LogP contribution in [0.15, 0.2) is 168 Å². The fraction of sp³-hybridized carbons (Fsp3) is 0. The van der Waals surface area contributed by atoms with Gasteiger partial charge in [-0.25, -0.2) is 15.0 Å². The molecule has 0 aliphatic heterocycles. The van der Waals surface area contributed by atoms with Crippen molar-refractivity contribution in [2.24, 2.45) is 0 Å². The summed E-state index contributed by atoms with van der Waals surface area (Å²) in [6.45, 7) is 0. The van der Waals surface area contributed by atoms with Gasteiger partial charge in [0.15, 0.2) is 17.5 Å². The maximum absolute atomic E-state index is 6.64. The fourth-order valence-corrected chi connectivity index (χ4v) is 9.03. The lowest BCUT2D eigenvalue weighted by Crippen LogP contribution is -2.00. The van der Waals surface area contributed by atoms with E-state index >= 15 is 0 Å². The van der Waals surface area contributed by atoms with Crippen molar-refractivity contribution < 1.29 is 4.42 Å². The van der Waals surface area contributed by atoms with Gasteiger partial charge in [-0.15, -0.1) is 11.3 Å². The van der Waals surface area contributed by atoms with Crippen molar-refractivity contribution in [3.05, 3.63) is 164 Å². The summed E-state index contributed by atoms with van der Waals surface area (Å²) in [6.07, 6.45) is 0. The number of furan rings is 1. The number of benzene rings is 8. The SMILES string of the molecule is c1ccc(-c2nc(-c3ccccc3)nc(-c3ccc(-c4cc5oc6ccccc6c5c5c4ccc4c6ccccc6sc45)c4ccccc34)n2)cc1. The van der Waals surface area contributed by atoms with Crippen LogP contribution in [0, 0.1) is 0 Å². The minimum atomic E-state index is 0.639. The number of rotatable bonds is 4. The summed E-state index contributed by atoms with van der Waals surface area (Å²) in [6, 6.07) is 57.2. The molecule has 0 fully saturated rings.